The summed E-state index contributed by atoms with van der Waals surface area (Å²) in [5, 5.41) is 23.0. The van der Waals surface area contributed by atoms with Crippen molar-refractivity contribution in [2.75, 3.05) is 25.0 Å². The van der Waals surface area contributed by atoms with Crippen LogP contribution in [0.1, 0.15) is 28.1 Å². The fourth-order valence-electron chi connectivity index (χ4n) is 4.54. The highest BCUT2D eigenvalue weighted by molar-refractivity contribution is 5.82. The molecule has 0 fully saturated rings. The Hall–Kier alpha value is -4.02. The molecule has 2 aromatic heterocycles. The number of carboxylic acid groups (broad SMARTS) is 1. The van der Waals surface area contributed by atoms with Gasteiger partial charge in [-0.05, 0) is 24.0 Å². The number of rotatable bonds is 7. The third-order valence-corrected chi connectivity index (χ3v) is 6.37. The fraction of sp³-hybridized carbons (Fsp3) is 0.391. The first-order valence-electron chi connectivity index (χ1n) is 11.3. The minimum Gasteiger partial charge on any atom is -0.465 e. The number of benzene rings is 1. The number of nitrogens with zero attached hydrogens (tertiary/aromatic N) is 6. The molecule has 0 atom stereocenters. The highest BCUT2D eigenvalue weighted by Crippen LogP contribution is 2.24. The summed E-state index contributed by atoms with van der Waals surface area (Å²) in [6.07, 6.45) is 5.14. The van der Waals surface area contributed by atoms with Crippen LogP contribution in [0.4, 0.5) is 10.7 Å². The number of aromatic nitrogens is 5. The van der Waals surface area contributed by atoms with E-state index in [-0.39, 0.29) is 25.0 Å². The van der Waals surface area contributed by atoms with Crippen molar-refractivity contribution in [1.82, 2.24) is 35.2 Å². The van der Waals surface area contributed by atoms with Crippen molar-refractivity contribution in [2.24, 2.45) is 0 Å². The Labute approximate surface area is 196 Å². The van der Waals surface area contributed by atoms with E-state index in [0.29, 0.717) is 37.6 Å². The molecule has 0 bridgehead atoms. The van der Waals surface area contributed by atoms with Crippen molar-refractivity contribution in [3.63, 3.8) is 0 Å². The molecular formula is C23H26N8O3. The van der Waals surface area contributed by atoms with Crippen LogP contribution in [0, 0.1) is 0 Å². The van der Waals surface area contributed by atoms with Crippen LogP contribution in [0.5, 0.6) is 0 Å². The Kier molecular flexibility index (Phi) is 6.07. The van der Waals surface area contributed by atoms with Crippen molar-refractivity contribution >= 4 is 17.9 Å². The maximum atomic E-state index is 12.8. The second-order valence-electron chi connectivity index (χ2n) is 8.67. The predicted molar refractivity (Wildman–Crippen MR) is 122 cm³/mol. The lowest BCUT2D eigenvalue weighted by molar-refractivity contribution is -0.133. The summed E-state index contributed by atoms with van der Waals surface area (Å²) in [5.41, 5.74) is 5.20. The van der Waals surface area contributed by atoms with Crippen LogP contribution in [-0.4, -0.2) is 78.0 Å². The van der Waals surface area contributed by atoms with Gasteiger partial charge in [0.2, 0.25) is 11.9 Å². The highest BCUT2D eigenvalue weighted by atomic mass is 16.4. The first-order valence-corrected chi connectivity index (χ1v) is 11.3. The molecule has 11 heteroatoms. The number of carbonyl (C=O) groups excluding carboxylic acids is 1. The molecule has 0 unspecified atom stereocenters. The van der Waals surface area contributed by atoms with Crippen LogP contribution < -0.4 is 5.32 Å². The largest absolute Gasteiger partial charge is 0.465 e. The third kappa shape index (κ3) is 4.82. The quantitative estimate of drug-likeness (QED) is 0.477. The summed E-state index contributed by atoms with van der Waals surface area (Å²) in [4.78, 5) is 36.4. The molecule has 11 nitrogen and oxygen atoms in total. The Morgan fingerprint density at radius 2 is 2.00 bits per heavy atom. The highest BCUT2D eigenvalue weighted by Gasteiger charge is 2.26. The summed E-state index contributed by atoms with van der Waals surface area (Å²) in [6, 6.07) is 8.73. The van der Waals surface area contributed by atoms with Gasteiger partial charge in [0, 0.05) is 56.5 Å². The SMILES string of the molecule is O=C(O)N(CCc1c[nH]nn1)CC(=O)N1CCc2nc(NC3Cc4ccccc4C3)ncc2C1. The van der Waals surface area contributed by atoms with E-state index in [9.17, 15) is 14.7 Å². The van der Waals surface area contributed by atoms with Gasteiger partial charge in [0.05, 0.1) is 11.4 Å². The standard InChI is InChI=1S/C23H26N8O3/c32-21(14-31(23(33)34)7-5-18-12-25-29-28-18)30-8-6-20-17(13-30)11-24-22(27-20)26-19-9-15-3-1-2-4-16(15)10-19/h1-4,11-12,19H,5-10,13-14H2,(H,33,34)(H,24,26,27)(H,25,28,29). The van der Waals surface area contributed by atoms with E-state index in [2.05, 4.69) is 50.0 Å². The number of carbonyl (C=O) groups is 2. The normalized spacial score (nSPS) is 15.0. The minimum absolute atomic E-state index is 0.168. The molecule has 3 N–H and O–H groups in total. The van der Waals surface area contributed by atoms with Gasteiger partial charge < -0.3 is 15.3 Å². The average molecular weight is 463 g/mol. The Balaban J connectivity index is 1.17. The first-order chi connectivity index (χ1) is 16.5. The Morgan fingerprint density at radius 3 is 2.71 bits per heavy atom. The van der Waals surface area contributed by atoms with E-state index in [1.54, 1.807) is 17.3 Å². The van der Waals surface area contributed by atoms with Crippen LogP contribution in [0.2, 0.25) is 0 Å². The van der Waals surface area contributed by atoms with E-state index in [0.717, 1.165) is 29.0 Å². The molecule has 0 saturated carbocycles. The van der Waals surface area contributed by atoms with Crippen molar-refractivity contribution < 1.29 is 14.7 Å². The van der Waals surface area contributed by atoms with E-state index in [4.69, 9.17) is 4.98 Å². The lowest BCUT2D eigenvalue weighted by Gasteiger charge is -2.30. The number of aromatic amines is 1. The summed E-state index contributed by atoms with van der Waals surface area (Å²) >= 11 is 0. The molecule has 2 amide bonds. The molecule has 5 rings (SSSR count). The predicted octanol–water partition coefficient (Wildman–Crippen LogP) is 1.28. The van der Waals surface area contributed by atoms with Gasteiger partial charge >= 0.3 is 6.09 Å². The maximum absolute atomic E-state index is 12.8. The van der Waals surface area contributed by atoms with Crippen molar-refractivity contribution in [3.8, 4) is 0 Å². The number of anilines is 1. The van der Waals surface area contributed by atoms with Gasteiger partial charge in [-0.15, -0.1) is 5.10 Å². The van der Waals surface area contributed by atoms with Crippen molar-refractivity contribution in [1.29, 1.82) is 0 Å². The molecule has 1 aromatic carbocycles. The molecule has 176 valence electrons. The molecule has 34 heavy (non-hydrogen) atoms. The van der Waals surface area contributed by atoms with Gasteiger partial charge in [0.15, 0.2) is 0 Å². The molecule has 0 spiro atoms. The number of nitrogens with one attached hydrogen (secondary N) is 2. The van der Waals surface area contributed by atoms with E-state index in [1.807, 2.05) is 0 Å². The van der Waals surface area contributed by atoms with Gasteiger partial charge in [0.25, 0.3) is 0 Å². The van der Waals surface area contributed by atoms with Crippen LogP contribution in [0.3, 0.4) is 0 Å². The lowest BCUT2D eigenvalue weighted by atomic mass is 10.1. The van der Waals surface area contributed by atoms with E-state index in [1.165, 1.54) is 11.1 Å². The number of fused-ring (bicyclic) bond motifs is 2. The summed E-state index contributed by atoms with van der Waals surface area (Å²) in [5.74, 6) is 0.375. The van der Waals surface area contributed by atoms with Gasteiger partial charge in [-0.3, -0.25) is 14.8 Å². The second-order valence-corrected chi connectivity index (χ2v) is 8.67. The zero-order valence-corrected chi connectivity index (χ0v) is 18.6. The monoisotopic (exact) mass is 462 g/mol. The van der Waals surface area contributed by atoms with Crippen LogP contribution >= 0.6 is 0 Å². The smallest absolute Gasteiger partial charge is 0.407 e. The molecule has 0 saturated heterocycles. The Morgan fingerprint density at radius 1 is 1.21 bits per heavy atom. The molecule has 3 heterocycles. The average Bonchev–Trinajstić information content (AvgIpc) is 3.50. The first kappa shape index (κ1) is 21.8. The van der Waals surface area contributed by atoms with Gasteiger partial charge in [-0.25, -0.2) is 14.8 Å². The molecular weight excluding hydrogens is 436 g/mol. The third-order valence-electron chi connectivity index (χ3n) is 6.37. The zero-order chi connectivity index (χ0) is 23.5. The maximum Gasteiger partial charge on any atom is 0.407 e. The number of H-pyrrole nitrogens is 1. The Bertz CT molecular complexity index is 1160. The van der Waals surface area contributed by atoms with Crippen LogP contribution in [0.25, 0.3) is 0 Å². The molecule has 1 aliphatic heterocycles. The van der Waals surface area contributed by atoms with E-state index < -0.39 is 6.09 Å². The fourth-order valence-corrected chi connectivity index (χ4v) is 4.54. The summed E-state index contributed by atoms with van der Waals surface area (Å²) in [7, 11) is 0. The number of hydrogen-bond acceptors (Lipinski definition) is 7. The number of amides is 2. The van der Waals surface area contributed by atoms with E-state index >= 15 is 0 Å². The topological polar surface area (TPSA) is 140 Å². The molecule has 2 aliphatic rings. The van der Waals surface area contributed by atoms with Gasteiger partial charge in [-0.2, -0.15) is 0 Å². The molecule has 0 radical (unpaired) electrons. The van der Waals surface area contributed by atoms with Gasteiger partial charge in [0.1, 0.15) is 6.54 Å². The molecule has 1 aliphatic carbocycles. The van der Waals surface area contributed by atoms with Crippen LogP contribution in [-0.2, 0) is 37.0 Å². The second kappa shape index (κ2) is 9.46. The van der Waals surface area contributed by atoms with Crippen molar-refractivity contribution in [2.45, 2.75) is 38.3 Å². The lowest BCUT2D eigenvalue weighted by Crippen LogP contribution is -2.45. The van der Waals surface area contributed by atoms with Crippen molar-refractivity contribution in [3.05, 3.63) is 64.7 Å². The zero-order valence-electron chi connectivity index (χ0n) is 18.6. The summed E-state index contributed by atoms with van der Waals surface area (Å²) in [6.45, 7) is 0.834. The summed E-state index contributed by atoms with van der Waals surface area (Å²) < 4.78 is 0. The minimum atomic E-state index is -1.14. The van der Waals surface area contributed by atoms with Gasteiger partial charge in [-0.1, -0.05) is 29.5 Å². The van der Waals surface area contributed by atoms with Crippen LogP contribution in [0.15, 0.2) is 36.7 Å². The number of hydrogen-bond donors (Lipinski definition) is 3. The molecule has 3 aromatic rings.